The van der Waals surface area contributed by atoms with Crippen LogP contribution in [0, 0.1) is 5.41 Å². The lowest BCUT2D eigenvalue weighted by Crippen LogP contribution is -2.37. The topological polar surface area (TPSA) is 70.7 Å². The predicted molar refractivity (Wildman–Crippen MR) is 155 cm³/mol. The first-order chi connectivity index (χ1) is 18.6. The molecule has 0 radical (unpaired) electrons. The number of benzene rings is 3. The van der Waals surface area contributed by atoms with E-state index >= 15 is 0 Å². The van der Waals surface area contributed by atoms with Gasteiger partial charge in [0.1, 0.15) is 11.6 Å². The summed E-state index contributed by atoms with van der Waals surface area (Å²) in [5, 5.41) is 13.1. The van der Waals surface area contributed by atoms with Crippen LogP contribution in [-0.4, -0.2) is 33.0 Å². The van der Waals surface area contributed by atoms with E-state index in [0.29, 0.717) is 16.8 Å². The molecule has 0 unspecified atom stereocenters. The minimum Gasteiger partial charge on any atom is -0.494 e. The minimum absolute atomic E-state index is 0.133. The van der Waals surface area contributed by atoms with Gasteiger partial charge in [-0.1, -0.05) is 71.9 Å². The molecule has 188 valence electrons. The summed E-state index contributed by atoms with van der Waals surface area (Å²) in [6, 6.07) is 25.3. The Balaban J connectivity index is 1.25. The van der Waals surface area contributed by atoms with E-state index in [0.717, 1.165) is 46.4 Å². The quantitative estimate of drug-likeness (QED) is 0.202. The fourth-order valence-corrected chi connectivity index (χ4v) is 5.62. The van der Waals surface area contributed by atoms with E-state index in [1.165, 1.54) is 11.8 Å². The van der Waals surface area contributed by atoms with Crippen LogP contribution < -0.4 is 4.74 Å². The zero-order chi connectivity index (χ0) is 26.1. The Kier molecular flexibility index (Phi) is 6.62. The van der Waals surface area contributed by atoms with Crippen LogP contribution in [0.4, 0.5) is 0 Å². The van der Waals surface area contributed by atoms with Crippen molar-refractivity contribution in [2.75, 3.05) is 6.61 Å². The standard InChI is InChI=1S/C30H23ClN4O2S/c31-22-11-13-23(14-12-22)37-16-6-15-34-18-21(24-9-4-5-10-26(24)34)17-25-28(32)35-27(20-7-2-1-3-8-20)19-38-30(35)33-29(25)36/h1-5,7-14,17-19,32H,6,15-16H2. The average Bonchev–Trinajstić information content (AvgIpc) is 3.52. The van der Waals surface area contributed by atoms with E-state index in [-0.39, 0.29) is 11.4 Å². The van der Waals surface area contributed by atoms with Crippen molar-refractivity contribution in [3.05, 3.63) is 112 Å². The van der Waals surface area contributed by atoms with Gasteiger partial charge in [0.15, 0.2) is 5.17 Å². The molecule has 6 rings (SSSR count). The van der Waals surface area contributed by atoms with Gasteiger partial charge >= 0.3 is 0 Å². The van der Waals surface area contributed by atoms with Crippen molar-refractivity contribution in [2.45, 2.75) is 13.0 Å². The number of para-hydroxylation sites is 1. The SMILES string of the molecule is N=C1C(=Cc2cn(CCCOc3ccc(Cl)cc3)c3ccccc23)C(=O)N=C2SC=C(c3ccccc3)N12. The molecule has 0 spiro atoms. The van der Waals surface area contributed by atoms with Crippen molar-refractivity contribution < 1.29 is 9.53 Å². The van der Waals surface area contributed by atoms with Gasteiger partial charge in [0.05, 0.1) is 17.9 Å². The van der Waals surface area contributed by atoms with Gasteiger partial charge in [-0.15, -0.1) is 0 Å². The van der Waals surface area contributed by atoms with Gasteiger partial charge in [0.25, 0.3) is 5.91 Å². The highest BCUT2D eigenvalue weighted by molar-refractivity contribution is 8.17. The Labute approximate surface area is 229 Å². The molecule has 0 saturated heterocycles. The Morgan fingerprint density at radius 3 is 2.58 bits per heavy atom. The smallest absolute Gasteiger partial charge is 0.283 e. The number of fused-ring (bicyclic) bond motifs is 2. The molecule has 0 atom stereocenters. The van der Waals surface area contributed by atoms with Crippen molar-refractivity contribution in [3.8, 4) is 5.75 Å². The van der Waals surface area contributed by atoms with Crippen LogP contribution >= 0.6 is 23.4 Å². The number of amidine groups is 2. The number of aliphatic imine (C=N–C) groups is 1. The van der Waals surface area contributed by atoms with Crippen molar-refractivity contribution in [2.24, 2.45) is 4.99 Å². The maximum absolute atomic E-state index is 13.0. The molecule has 2 aliphatic rings. The summed E-state index contributed by atoms with van der Waals surface area (Å²) in [6.07, 6.45) is 4.63. The maximum Gasteiger partial charge on any atom is 0.283 e. The second kappa shape index (κ2) is 10.4. The number of nitrogens with zero attached hydrogens (tertiary/aromatic N) is 3. The first-order valence-electron chi connectivity index (χ1n) is 12.2. The zero-order valence-electron chi connectivity index (χ0n) is 20.3. The normalized spacial score (nSPS) is 16.1. The minimum atomic E-state index is -0.398. The molecule has 0 bridgehead atoms. The molecule has 0 fully saturated rings. The Morgan fingerprint density at radius 2 is 1.76 bits per heavy atom. The van der Waals surface area contributed by atoms with Crippen LogP contribution in [0.25, 0.3) is 22.7 Å². The number of ether oxygens (including phenoxy) is 1. The molecule has 8 heteroatoms. The molecular weight excluding hydrogens is 516 g/mol. The molecule has 0 aliphatic carbocycles. The molecule has 2 aliphatic heterocycles. The molecular formula is C30H23ClN4O2S. The zero-order valence-corrected chi connectivity index (χ0v) is 21.9. The summed E-state index contributed by atoms with van der Waals surface area (Å²) in [6.45, 7) is 1.31. The van der Waals surface area contributed by atoms with Crippen LogP contribution in [0.2, 0.25) is 5.02 Å². The monoisotopic (exact) mass is 538 g/mol. The Morgan fingerprint density at radius 1 is 1.00 bits per heavy atom. The molecule has 3 aromatic carbocycles. The molecule has 0 saturated carbocycles. The third-order valence-electron chi connectivity index (χ3n) is 6.43. The largest absolute Gasteiger partial charge is 0.494 e. The predicted octanol–water partition coefficient (Wildman–Crippen LogP) is 7.07. The number of hydrogen-bond donors (Lipinski definition) is 1. The second-order valence-electron chi connectivity index (χ2n) is 8.88. The van der Waals surface area contributed by atoms with Crippen LogP contribution in [0.1, 0.15) is 17.5 Å². The number of carbonyl (C=O) groups excluding carboxylic acids is 1. The number of thioether (sulfide) groups is 1. The highest BCUT2D eigenvalue weighted by Gasteiger charge is 2.36. The third kappa shape index (κ3) is 4.66. The molecule has 1 aromatic heterocycles. The molecule has 1 N–H and O–H groups in total. The first kappa shape index (κ1) is 24.3. The highest BCUT2D eigenvalue weighted by atomic mass is 35.5. The van der Waals surface area contributed by atoms with Crippen LogP contribution in [-0.2, 0) is 11.3 Å². The average molecular weight is 539 g/mol. The molecule has 38 heavy (non-hydrogen) atoms. The number of halogens is 1. The molecule has 1 amide bonds. The van der Waals surface area contributed by atoms with Gasteiger partial charge in [-0.2, -0.15) is 4.99 Å². The third-order valence-corrected chi connectivity index (χ3v) is 7.51. The molecule has 6 nitrogen and oxygen atoms in total. The number of carbonyl (C=O) groups is 1. The lowest BCUT2D eigenvalue weighted by Gasteiger charge is -2.26. The fourth-order valence-electron chi connectivity index (χ4n) is 4.60. The number of nitrogens with one attached hydrogen (secondary N) is 1. The second-order valence-corrected chi connectivity index (χ2v) is 10.2. The van der Waals surface area contributed by atoms with Crippen molar-refractivity contribution in [1.82, 2.24) is 9.47 Å². The summed E-state index contributed by atoms with van der Waals surface area (Å²) in [7, 11) is 0. The van der Waals surface area contributed by atoms with Crippen molar-refractivity contribution in [3.63, 3.8) is 0 Å². The van der Waals surface area contributed by atoms with Gasteiger partial charge in [-0.05, 0) is 48.4 Å². The number of aromatic nitrogens is 1. The van der Waals surface area contributed by atoms with E-state index in [9.17, 15) is 4.79 Å². The summed E-state index contributed by atoms with van der Waals surface area (Å²) in [5.74, 6) is 0.522. The van der Waals surface area contributed by atoms with E-state index < -0.39 is 5.91 Å². The summed E-state index contributed by atoms with van der Waals surface area (Å²) in [4.78, 5) is 19.1. The fraction of sp³-hybridized carbons (Fsp3) is 0.100. The molecule has 3 heterocycles. The molecule has 4 aromatic rings. The first-order valence-corrected chi connectivity index (χ1v) is 13.5. The Bertz CT molecular complexity index is 1640. The van der Waals surface area contributed by atoms with Crippen molar-refractivity contribution >= 4 is 62.9 Å². The van der Waals surface area contributed by atoms with Crippen molar-refractivity contribution in [1.29, 1.82) is 5.41 Å². The van der Waals surface area contributed by atoms with Gasteiger partial charge in [-0.25, -0.2) is 0 Å². The summed E-state index contributed by atoms with van der Waals surface area (Å²) >= 11 is 7.31. The van der Waals surface area contributed by atoms with Gasteiger partial charge in [0, 0.05) is 39.6 Å². The van der Waals surface area contributed by atoms with E-state index in [1.807, 2.05) is 84.4 Å². The number of amides is 1. The lowest BCUT2D eigenvalue weighted by atomic mass is 10.1. The van der Waals surface area contributed by atoms with Crippen LogP contribution in [0.5, 0.6) is 5.75 Å². The van der Waals surface area contributed by atoms with E-state index in [4.69, 9.17) is 21.7 Å². The summed E-state index contributed by atoms with van der Waals surface area (Å²) in [5.41, 5.74) is 4.03. The van der Waals surface area contributed by atoms with E-state index in [2.05, 4.69) is 15.6 Å². The lowest BCUT2D eigenvalue weighted by molar-refractivity contribution is -0.114. The van der Waals surface area contributed by atoms with Gasteiger partial charge < -0.3 is 9.30 Å². The van der Waals surface area contributed by atoms with Gasteiger partial charge in [0.2, 0.25) is 0 Å². The van der Waals surface area contributed by atoms with Crippen LogP contribution in [0.15, 0.2) is 101 Å². The Hall–Kier alpha value is -4.07. The highest BCUT2D eigenvalue weighted by Crippen LogP contribution is 2.37. The maximum atomic E-state index is 13.0. The van der Waals surface area contributed by atoms with Crippen LogP contribution in [0.3, 0.4) is 0 Å². The number of hydrogen-bond acceptors (Lipinski definition) is 4. The number of rotatable bonds is 7. The summed E-state index contributed by atoms with van der Waals surface area (Å²) < 4.78 is 8.02. The van der Waals surface area contributed by atoms with E-state index in [1.54, 1.807) is 11.0 Å². The van der Waals surface area contributed by atoms with Gasteiger partial charge in [-0.3, -0.25) is 15.1 Å². The number of aryl methyl sites for hydroxylation is 1.